The van der Waals surface area contributed by atoms with Crippen molar-refractivity contribution < 1.29 is 4.74 Å². The largest absolute Gasteiger partial charge is 0.497 e. The Labute approximate surface area is 118 Å². The van der Waals surface area contributed by atoms with Crippen LogP contribution in [0.4, 0.5) is 0 Å². The number of benzene rings is 1. The first-order chi connectivity index (χ1) is 9.01. The van der Waals surface area contributed by atoms with Crippen molar-refractivity contribution in [1.82, 2.24) is 9.55 Å². The van der Waals surface area contributed by atoms with Crippen LogP contribution >= 0.6 is 15.9 Å². The van der Waals surface area contributed by atoms with Crippen LogP contribution in [0, 0.1) is 6.92 Å². The van der Waals surface area contributed by atoms with Gasteiger partial charge in [0.15, 0.2) is 0 Å². The van der Waals surface area contributed by atoms with Gasteiger partial charge in [-0.05, 0) is 30.7 Å². The van der Waals surface area contributed by atoms with Crippen LogP contribution < -0.4 is 16.0 Å². The molecule has 0 aliphatic carbocycles. The van der Waals surface area contributed by atoms with Crippen molar-refractivity contribution in [3.63, 3.8) is 0 Å². The summed E-state index contributed by atoms with van der Waals surface area (Å²) in [5.74, 6) is 0.715. The molecule has 1 heterocycles. The lowest BCUT2D eigenvalue weighted by molar-refractivity contribution is 0.414. The van der Waals surface area contributed by atoms with Gasteiger partial charge in [0, 0.05) is 16.2 Å². The molecule has 2 aromatic rings. The highest BCUT2D eigenvalue weighted by atomic mass is 79.9. The summed E-state index contributed by atoms with van der Waals surface area (Å²) in [7, 11) is 1.59. The molecule has 2 rings (SSSR count). The molecule has 0 saturated carbocycles. The maximum absolute atomic E-state index is 11.7. The van der Waals surface area contributed by atoms with E-state index in [1.54, 1.807) is 20.2 Å². The SMILES string of the molecule is COc1ccc(Br)c(Cn2cc(C)c(=O)[nH]c2=O)c1. The zero-order chi connectivity index (χ0) is 14.0. The first-order valence-corrected chi connectivity index (χ1v) is 6.43. The molecule has 0 aliphatic rings. The summed E-state index contributed by atoms with van der Waals surface area (Å²) in [6.07, 6.45) is 1.55. The first kappa shape index (κ1) is 13.6. The number of rotatable bonds is 3. The third-order valence-corrected chi connectivity index (χ3v) is 3.56. The predicted octanol–water partition coefficient (Wildman–Crippen LogP) is 1.66. The van der Waals surface area contributed by atoms with Crippen molar-refractivity contribution in [3.8, 4) is 5.75 Å². The molecule has 1 aromatic heterocycles. The van der Waals surface area contributed by atoms with Crippen LogP contribution in [-0.2, 0) is 6.54 Å². The van der Waals surface area contributed by atoms with E-state index in [4.69, 9.17) is 4.74 Å². The third kappa shape index (κ3) is 2.96. The fourth-order valence-corrected chi connectivity index (χ4v) is 2.09. The minimum absolute atomic E-state index is 0.355. The van der Waals surface area contributed by atoms with Crippen LogP contribution in [-0.4, -0.2) is 16.7 Å². The Bertz CT molecular complexity index is 719. The van der Waals surface area contributed by atoms with E-state index in [0.29, 0.717) is 17.9 Å². The molecule has 0 saturated heterocycles. The molecule has 0 fully saturated rings. The van der Waals surface area contributed by atoms with Gasteiger partial charge < -0.3 is 4.74 Å². The van der Waals surface area contributed by atoms with E-state index in [9.17, 15) is 9.59 Å². The third-order valence-electron chi connectivity index (χ3n) is 2.78. The Kier molecular flexibility index (Phi) is 3.90. The maximum Gasteiger partial charge on any atom is 0.328 e. The number of halogens is 1. The molecule has 0 atom stereocenters. The standard InChI is InChI=1S/C13H13BrN2O3/c1-8-6-16(13(18)15-12(8)17)7-9-5-10(19-2)3-4-11(9)14/h3-6H,7H2,1-2H3,(H,15,17,18). The summed E-state index contributed by atoms with van der Waals surface area (Å²) >= 11 is 3.43. The van der Waals surface area contributed by atoms with E-state index in [2.05, 4.69) is 20.9 Å². The summed E-state index contributed by atoms with van der Waals surface area (Å²) in [5, 5.41) is 0. The van der Waals surface area contributed by atoms with E-state index >= 15 is 0 Å². The summed E-state index contributed by atoms with van der Waals surface area (Å²) in [6.45, 7) is 2.02. The van der Waals surface area contributed by atoms with Gasteiger partial charge in [-0.3, -0.25) is 14.3 Å². The molecular weight excluding hydrogens is 312 g/mol. The quantitative estimate of drug-likeness (QED) is 0.934. The highest BCUT2D eigenvalue weighted by Crippen LogP contribution is 2.22. The van der Waals surface area contributed by atoms with Crippen molar-refractivity contribution in [2.24, 2.45) is 0 Å². The lowest BCUT2D eigenvalue weighted by Gasteiger charge is -2.09. The number of aromatic amines is 1. The number of methoxy groups -OCH3 is 1. The lowest BCUT2D eigenvalue weighted by Crippen LogP contribution is -2.31. The van der Waals surface area contributed by atoms with Crippen LogP contribution in [0.3, 0.4) is 0 Å². The molecule has 0 amide bonds. The highest BCUT2D eigenvalue weighted by Gasteiger charge is 2.06. The summed E-state index contributed by atoms with van der Waals surface area (Å²) in [5.41, 5.74) is 0.614. The Hall–Kier alpha value is -1.82. The number of hydrogen-bond donors (Lipinski definition) is 1. The van der Waals surface area contributed by atoms with Crippen molar-refractivity contribution in [1.29, 1.82) is 0 Å². The van der Waals surface area contributed by atoms with Gasteiger partial charge in [-0.2, -0.15) is 0 Å². The van der Waals surface area contributed by atoms with E-state index in [0.717, 1.165) is 10.0 Å². The van der Waals surface area contributed by atoms with Gasteiger partial charge in [0.25, 0.3) is 5.56 Å². The summed E-state index contributed by atoms with van der Waals surface area (Å²) in [4.78, 5) is 25.3. The Morgan fingerprint density at radius 1 is 1.37 bits per heavy atom. The van der Waals surface area contributed by atoms with Crippen molar-refractivity contribution in [2.45, 2.75) is 13.5 Å². The zero-order valence-corrected chi connectivity index (χ0v) is 12.2. The van der Waals surface area contributed by atoms with Crippen LogP contribution in [0.2, 0.25) is 0 Å². The number of ether oxygens (including phenoxy) is 1. The van der Waals surface area contributed by atoms with Crippen molar-refractivity contribution >= 4 is 15.9 Å². The first-order valence-electron chi connectivity index (χ1n) is 5.64. The van der Waals surface area contributed by atoms with Gasteiger partial charge in [0.05, 0.1) is 13.7 Å². The van der Waals surface area contributed by atoms with Gasteiger partial charge in [-0.1, -0.05) is 15.9 Å². The van der Waals surface area contributed by atoms with Crippen molar-refractivity contribution in [3.05, 3.63) is 60.8 Å². The molecule has 0 unspecified atom stereocenters. The Morgan fingerprint density at radius 2 is 2.11 bits per heavy atom. The van der Waals surface area contributed by atoms with Gasteiger partial charge in [0.2, 0.25) is 0 Å². The Balaban J connectivity index is 2.44. The van der Waals surface area contributed by atoms with Crippen molar-refractivity contribution in [2.75, 3.05) is 7.11 Å². The number of nitrogens with zero attached hydrogens (tertiary/aromatic N) is 1. The molecule has 0 aliphatic heterocycles. The topological polar surface area (TPSA) is 64.1 Å². The van der Waals surface area contributed by atoms with Crippen LogP contribution in [0.5, 0.6) is 5.75 Å². The molecule has 6 heteroatoms. The van der Waals surface area contributed by atoms with Crippen LogP contribution in [0.25, 0.3) is 0 Å². The van der Waals surface area contributed by atoms with Crippen LogP contribution in [0.1, 0.15) is 11.1 Å². The van der Waals surface area contributed by atoms with Gasteiger partial charge in [0.1, 0.15) is 5.75 Å². The lowest BCUT2D eigenvalue weighted by atomic mass is 10.2. The minimum atomic E-state index is -0.426. The van der Waals surface area contributed by atoms with E-state index in [1.807, 2.05) is 18.2 Å². The van der Waals surface area contributed by atoms with Gasteiger partial charge in [-0.15, -0.1) is 0 Å². The molecule has 1 aromatic carbocycles. The van der Waals surface area contributed by atoms with Gasteiger partial charge in [-0.25, -0.2) is 4.79 Å². The second-order valence-corrected chi connectivity index (χ2v) is 5.01. The average molecular weight is 325 g/mol. The molecule has 100 valence electrons. The smallest absolute Gasteiger partial charge is 0.328 e. The molecule has 0 radical (unpaired) electrons. The van der Waals surface area contributed by atoms with Crippen LogP contribution in [0.15, 0.2) is 38.5 Å². The highest BCUT2D eigenvalue weighted by molar-refractivity contribution is 9.10. The molecule has 0 bridgehead atoms. The summed E-state index contributed by atoms with van der Waals surface area (Å²) < 4.78 is 7.49. The zero-order valence-electron chi connectivity index (χ0n) is 10.6. The summed E-state index contributed by atoms with van der Waals surface area (Å²) in [6, 6.07) is 5.53. The number of nitrogens with one attached hydrogen (secondary N) is 1. The van der Waals surface area contributed by atoms with E-state index in [1.165, 1.54) is 4.57 Å². The number of H-pyrrole nitrogens is 1. The average Bonchev–Trinajstić information content (AvgIpc) is 2.38. The fraction of sp³-hybridized carbons (Fsp3) is 0.231. The number of hydrogen-bond acceptors (Lipinski definition) is 3. The number of aromatic nitrogens is 2. The van der Waals surface area contributed by atoms with E-state index < -0.39 is 5.69 Å². The number of aryl methyl sites for hydroxylation is 1. The van der Waals surface area contributed by atoms with E-state index in [-0.39, 0.29) is 5.56 Å². The normalized spacial score (nSPS) is 10.5. The minimum Gasteiger partial charge on any atom is -0.497 e. The molecule has 19 heavy (non-hydrogen) atoms. The maximum atomic E-state index is 11.7. The second kappa shape index (κ2) is 5.44. The molecular formula is C13H13BrN2O3. The molecule has 0 spiro atoms. The fourth-order valence-electron chi connectivity index (χ4n) is 1.72. The molecule has 1 N–H and O–H groups in total. The Morgan fingerprint density at radius 3 is 2.79 bits per heavy atom. The second-order valence-electron chi connectivity index (χ2n) is 4.16. The van der Waals surface area contributed by atoms with Gasteiger partial charge >= 0.3 is 5.69 Å². The predicted molar refractivity (Wildman–Crippen MR) is 75.9 cm³/mol. The monoisotopic (exact) mass is 324 g/mol. The molecule has 5 nitrogen and oxygen atoms in total.